The first kappa shape index (κ1) is 23.6. The minimum Gasteiger partial charge on any atom is -0.382 e. The summed E-state index contributed by atoms with van der Waals surface area (Å²) in [7, 11) is 0. The van der Waals surface area contributed by atoms with Gasteiger partial charge in [0, 0.05) is 35.8 Å². The van der Waals surface area contributed by atoms with E-state index in [-0.39, 0.29) is 0 Å². The Kier molecular flexibility index (Phi) is 6.06. The van der Waals surface area contributed by atoms with Crippen LogP contribution < -0.4 is 11.1 Å². The first-order valence-electron chi connectivity index (χ1n) is 13.6. The first-order chi connectivity index (χ1) is 19.2. The second-order valence-corrected chi connectivity index (χ2v) is 10.5. The average molecular weight is 514 g/mol. The Morgan fingerprint density at radius 3 is 2.64 bits per heavy atom. The molecule has 0 radical (unpaired) electrons. The summed E-state index contributed by atoms with van der Waals surface area (Å²) in [6.45, 7) is 2.93. The van der Waals surface area contributed by atoms with Gasteiger partial charge in [-0.25, -0.2) is 9.50 Å². The first-order valence-corrected chi connectivity index (χ1v) is 13.6. The summed E-state index contributed by atoms with van der Waals surface area (Å²) in [6, 6.07) is 28.0. The van der Waals surface area contributed by atoms with Crippen molar-refractivity contribution in [1.29, 1.82) is 0 Å². The van der Waals surface area contributed by atoms with E-state index in [1.54, 1.807) is 0 Å². The molecule has 4 heterocycles. The van der Waals surface area contributed by atoms with Crippen molar-refractivity contribution in [3.05, 3.63) is 114 Å². The van der Waals surface area contributed by atoms with Gasteiger partial charge in [0.1, 0.15) is 11.8 Å². The number of rotatable bonds is 6. The largest absolute Gasteiger partial charge is 0.382 e. The molecule has 7 heteroatoms. The van der Waals surface area contributed by atoms with Gasteiger partial charge in [-0.15, -0.1) is 0 Å². The number of anilines is 1. The van der Waals surface area contributed by atoms with Crippen molar-refractivity contribution in [1.82, 2.24) is 29.7 Å². The Hall–Kier alpha value is -4.49. The lowest BCUT2D eigenvalue weighted by Gasteiger charge is -2.23. The van der Waals surface area contributed by atoms with Crippen molar-refractivity contribution < 1.29 is 0 Å². The quantitative estimate of drug-likeness (QED) is 0.310. The third kappa shape index (κ3) is 4.66. The summed E-state index contributed by atoms with van der Waals surface area (Å²) in [4.78, 5) is 4.31. The van der Waals surface area contributed by atoms with Crippen molar-refractivity contribution in [3.63, 3.8) is 0 Å². The summed E-state index contributed by atoms with van der Waals surface area (Å²) in [5.41, 5.74) is 15.2. The van der Waals surface area contributed by atoms with E-state index in [1.807, 2.05) is 15.3 Å². The van der Waals surface area contributed by atoms with Crippen LogP contribution in [0.1, 0.15) is 41.1 Å². The summed E-state index contributed by atoms with van der Waals surface area (Å²) >= 11 is 0. The topological polar surface area (TPSA) is 86.1 Å². The fraction of sp³-hybridized carbons (Fsp3) is 0.219. The van der Waals surface area contributed by atoms with E-state index in [0.29, 0.717) is 11.7 Å². The summed E-state index contributed by atoms with van der Waals surface area (Å²) in [5, 5.41) is 14.1. The molecule has 39 heavy (non-hydrogen) atoms. The molecule has 3 N–H and O–H groups in total. The molecule has 0 saturated carbocycles. The molecule has 194 valence electrons. The lowest BCUT2D eigenvalue weighted by atomic mass is 9.91. The number of nitrogen functional groups attached to an aromatic ring is 1. The van der Waals surface area contributed by atoms with Crippen LogP contribution in [0.5, 0.6) is 0 Å². The van der Waals surface area contributed by atoms with Gasteiger partial charge in [-0.05, 0) is 59.7 Å². The Morgan fingerprint density at radius 2 is 1.82 bits per heavy atom. The van der Waals surface area contributed by atoms with Gasteiger partial charge in [-0.2, -0.15) is 10.2 Å². The summed E-state index contributed by atoms with van der Waals surface area (Å²) in [5.74, 6) is 1.08. The van der Waals surface area contributed by atoms with Gasteiger partial charge < -0.3 is 11.1 Å². The number of aromatic nitrogens is 5. The maximum absolute atomic E-state index is 6.41. The van der Waals surface area contributed by atoms with E-state index in [2.05, 4.69) is 94.4 Å². The molecule has 7 nitrogen and oxygen atoms in total. The third-order valence-electron chi connectivity index (χ3n) is 7.84. The molecule has 0 spiro atoms. The van der Waals surface area contributed by atoms with Crippen molar-refractivity contribution >= 4 is 22.2 Å². The van der Waals surface area contributed by atoms with Crippen LogP contribution in [0.25, 0.3) is 27.5 Å². The van der Waals surface area contributed by atoms with Gasteiger partial charge in [0.05, 0.1) is 12.1 Å². The molecule has 1 fully saturated rings. The van der Waals surface area contributed by atoms with Crippen molar-refractivity contribution in [2.24, 2.45) is 0 Å². The van der Waals surface area contributed by atoms with Gasteiger partial charge in [0.2, 0.25) is 0 Å². The molecule has 3 aromatic carbocycles. The maximum atomic E-state index is 6.41. The normalized spacial score (nSPS) is 15.7. The number of fused-ring (bicyclic) bond motifs is 2. The van der Waals surface area contributed by atoms with Crippen molar-refractivity contribution in [2.45, 2.75) is 31.7 Å². The Morgan fingerprint density at radius 1 is 0.949 bits per heavy atom. The Labute approximate surface area is 227 Å². The second-order valence-electron chi connectivity index (χ2n) is 10.5. The lowest BCUT2D eigenvalue weighted by molar-refractivity contribution is 0.461. The molecule has 1 unspecified atom stereocenters. The Balaban J connectivity index is 1.21. The van der Waals surface area contributed by atoms with Gasteiger partial charge in [0.15, 0.2) is 5.82 Å². The van der Waals surface area contributed by atoms with E-state index >= 15 is 0 Å². The minimum absolute atomic E-state index is 0.473. The molecule has 0 amide bonds. The number of benzene rings is 3. The standard InChI is InChI=1S/C32H31N7/c33-32-31-29(25-12-13-27-20-38(37-30(27)16-25)19-23-5-2-1-3-6-23)17-28(39(31)36-21-35-32)15-22-8-10-24(11-9-22)26-7-4-14-34-18-26/h1-3,5-6,8-13,16-17,20-21,26,34H,4,7,14-15,18-19H2,(H2,33,35,36). The van der Waals surface area contributed by atoms with Crippen LogP contribution in [0, 0.1) is 0 Å². The third-order valence-corrected chi connectivity index (χ3v) is 7.84. The van der Waals surface area contributed by atoms with Crippen LogP contribution in [0.3, 0.4) is 0 Å². The highest BCUT2D eigenvalue weighted by Gasteiger charge is 2.18. The molecule has 1 atom stereocenters. The van der Waals surface area contributed by atoms with E-state index < -0.39 is 0 Å². The highest BCUT2D eigenvalue weighted by molar-refractivity contribution is 5.92. The van der Waals surface area contributed by atoms with Crippen LogP contribution in [0.15, 0.2) is 91.4 Å². The highest BCUT2D eigenvalue weighted by Crippen LogP contribution is 2.33. The van der Waals surface area contributed by atoms with Crippen molar-refractivity contribution in [2.75, 3.05) is 18.8 Å². The van der Waals surface area contributed by atoms with Crippen LogP contribution in [0.4, 0.5) is 5.82 Å². The van der Waals surface area contributed by atoms with Crippen LogP contribution in [0.2, 0.25) is 0 Å². The van der Waals surface area contributed by atoms with Crippen LogP contribution in [-0.4, -0.2) is 37.5 Å². The molecule has 3 aromatic heterocycles. The smallest absolute Gasteiger partial charge is 0.151 e. The molecule has 0 aliphatic carbocycles. The van der Waals surface area contributed by atoms with Gasteiger partial charge in [0.25, 0.3) is 0 Å². The summed E-state index contributed by atoms with van der Waals surface area (Å²) in [6.07, 6.45) is 6.88. The average Bonchev–Trinajstić information content (AvgIpc) is 3.55. The summed E-state index contributed by atoms with van der Waals surface area (Å²) < 4.78 is 3.94. The number of hydrogen-bond acceptors (Lipinski definition) is 5. The highest BCUT2D eigenvalue weighted by atomic mass is 15.3. The predicted octanol–water partition coefficient (Wildman–Crippen LogP) is 5.43. The molecule has 6 aromatic rings. The molecular weight excluding hydrogens is 482 g/mol. The SMILES string of the molecule is Nc1ncnn2c(Cc3ccc(C4CCCNC4)cc3)cc(-c3ccc4cn(Cc5ccccc5)nc4c3)c12. The van der Waals surface area contributed by atoms with E-state index in [1.165, 1.54) is 35.9 Å². The van der Waals surface area contributed by atoms with Crippen molar-refractivity contribution in [3.8, 4) is 11.1 Å². The zero-order chi connectivity index (χ0) is 26.2. The zero-order valence-electron chi connectivity index (χ0n) is 21.8. The Bertz CT molecular complexity index is 1740. The predicted molar refractivity (Wildman–Crippen MR) is 156 cm³/mol. The van der Waals surface area contributed by atoms with E-state index in [9.17, 15) is 0 Å². The fourth-order valence-corrected chi connectivity index (χ4v) is 5.82. The van der Waals surface area contributed by atoms with Crippen LogP contribution >= 0.6 is 0 Å². The number of nitrogens with two attached hydrogens (primary N) is 1. The number of hydrogen-bond donors (Lipinski definition) is 2. The lowest BCUT2D eigenvalue weighted by Crippen LogP contribution is -2.28. The van der Waals surface area contributed by atoms with Gasteiger partial charge in [-0.1, -0.05) is 66.7 Å². The van der Waals surface area contributed by atoms with E-state index in [4.69, 9.17) is 10.8 Å². The molecule has 0 bridgehead atoms. The maximum Gasteiger partial charge on any atom is 0.151 e. The zero-order valence-corrected chi connectivity index (χ0v) is 21.8. The van der Waals surface area contributed by atoms with Crippen LogP contribution in [-0.2, 0) is 13.0 Å². The van der Waals surface area contributed by atoms with Gasteiger partial charge in [-0.3, -0.25) is 4.68 Å². The molecule has 1 aliphatic heterocycles. The number of piperidine rings is 1. The molecular formula is C32H31N7. The minimum atomic E-state index is 0.473. The second kappa shape index (κ2) is 10.0. The monoisotopic (exact) mass is 513 g/mol. The molecule has 7 rings (SSSR count). The number of nitrogens with one attached hydrogen (secondary N) is 1. The molecule has 1 aliphatic rings. The molecule has 1 saturated heterocycles. The van der Waals surface area contributed by atoms with Gasteiger partial charge >= 0.3 is 0 Å². The van der Waals surface area contributed by atoms with E-state index in [0.717, 1.165) is 59.3 Å². The fourth-order valence-electron chi connectivity index (χ4n) is 5.82. The number of nitrogens with zero attached hydrogens (tertiary/aromatic N) is 5.